The molecule has 0 saturated carbocycles. The summed E-state index contributed by atoms with van der Waals surface area (Å²) in [5, 5.41) is 9.45. The van der Waals surface area contributed by atoms with Crippen LogP contribution in [0, 0.1) is 12.8 Å². The van der Waals surface area contributed by atoms with Gasteiger partial charge < -0.3 is 10.1 Å². The fourth-order valence-electron chi connectivity index (χ4n) is 5.85. The number of nitrogens with one attached hydrogen (secondary N) is 1. The van der Waals surface area contributed by atoms with Crippen molar-refractivity contribution < 1.29 is 4.74 Å². The summed E-state index contributed by atoms with van der Waals surface area (Å²) in [5.41, 5.74) is 5.85. The number of benzene rings is 1. The van der Waals surface area contributed by atoms with Gasteiger partial charge in [-0.15, -0.1) is 0 Å². The second kappa shape index (κ2) is 10.6. The molecule has 2 aromatic heterocycles. The van der Waals surface area contributed by atoms with E-state index in [0.29, 0.717) is 11.8 Å². The number of likely N-dealkylation sites (tertiary alicyclic amines) is 1. The van der Waals surface area contributed by atoms with E-state index in [1.165, 1.54) is 29.7 Å². The van der Waals surface area contributed by atoms with Gasteiger partial charge in [-0.2, -0.15) is 5.10 Å². The predicted octanol–water partition coefficient (Wildman–Crippen LogP) is 5.37. The minimum atomic E-state index is -0.0111. The molecule has 6 nitrogen and oxygen atoms in total. The molecule has 2 atom stereocenters. The maximum absolute atomic E-state index is 6.07. The molecule has 0 bridgehead atoms. The number of aryl methyl sites for hydroxylation is 1. The van der Waals surface area contributed by atoms with Crippen LogP contribution in [0.3, 0.4) is 0 Å². The molecule has 4 heterocycles. The first-order valence-corrected chi connectivity index (χ1v) is 13.4. The lowest BCUT2D eigenvalue weighted by Crippen LogP contribution is -2.37. The van der Waals surface area contributed by atoms with Crippen LogP contribution >= 0.6 is 11.6 Å². The monoisotopic (exact) mass is 495 g/mol. The zero-order valence-electron chi connectivity index (χ0n) is 21.3. The average molecular weight is 496 g/mol. The first-order chi connectivity index (χ1) is 16.9. The molecule has 7 heteroatoms. The molecule has 1 aromatic carbocycles. The van der Waals surface area contributed by atoms with Gasteiger partial charge in [-0.3, -0.25) is 4.90 Å². The van der Waals surface area contributed by atoms with Crippen LogP contribution in [0.15, 0.2) is 36.5 Å². The number of aromatic nitrogens is 3. The lowest BCUT2D eigenvalue weighted by Gasteiger charge is -2.35. The SMILES string of the molecule is Cc1nn2c([C@@H]3CCCN(Cc4ccc(Cl)cc4)C3)ccnc2c1CNC[C@H]1CCOC(C)(C)C1. The lowest BCUT2D eigenvalue weighted by atomic mass is 9.88. The molecule has 35 heavy (non-hydrogen) atoms. The van der Waals surface area contributed by atoms with Crippen molar-refractivity contribution in [1.82, 2.24) is 24.8 Å². The van der Waals surface area contributed by atoms with Crippen LogP contribution in [-0.2, 0) is 17.8 Å². The Morgan fingerprint density at radius 1 is 1.17 bits per heavy atom. The fourth-order valence-corrected chi connectivity index (χ4v) is 5.98. The summed E-state index contributed by atoms with van der Waals surface area (Å²) in [6, 6.07) is 10.4. The van der Waals surface area contributed by atoms with Crippen molar-refractivity contribution in [1.29, 1.82) is 0 Å². The van der Waals surface area contributed by atoms with Gasteiger partial charge in [0.25, 0.3) is 0 Å². The highest BCUT2D eigenvalue weighted by molar-refractivity contribution is 6.30. The third-order valence-electron chi connectivity index (χ3n) is 7.62. The van der Waals surface area contributed by atoms with Crippen molar-refractivity contribution >= 4 is 17.2 Å². The first kappa shape index (κ1) is 24.7. The molecule has 0 spiro atoms. The van der Waals surface area contributed by atoms with Crippen LogP contribution in [-0.4, -0.2) is 51.3 Å². The number of halogens is 1. The molecular weight excluding hydrogens is 458 g/mol. The van der Waals surface area contributed by atoms with E-state index in [1.54, 1.807) is 0 Å². The summed E-state index contributed by atoms with van der Waals surface area (Å²) in [7, 11) is 0. The summed E-state index contributed by atoms with van der Waals surface area (Å²) < 4.78 is 7.99. The van der Waals surface area contributed by atoms with Gasteiger partial charge >= 0.3 is 0 Å². The number of nitrogens with zero attached hydrogens (tertiary/aromatic N) is 4. The van der Waals surface area contributed by atoms with Crippen molar-refractivity contribution in [2.24, 2.45) is 5.92 Å². The topological polar surface area (TPSA) is 54.7 Å². The number of piperidine rings is 1. The molecule has 0 radical (unpaired) electrons. The van der Waals surface area contributed by atoms with E-state index in [1.807, 2.05) is 18.3 Å². The molecule has 5 rings (SSSR count). The number of ether oxygens (including phenoxy) is 1. The van der Waals surface area contributed by atoms with Crippen molar-refractivity contribution in [2.45, 2.75) is 71.1 Å². The number of rotatable bonds is 7. The largest absolute Gasteiger partial charge is 0.376 e. The Bertz CT molecular complexity index is 1140. The van der Waals surface area contributed by atoms with Crippen LogP contribution in [0.1, 0.15) is 68.0 Å². The van der Waals surface area contributed by atoms with E-state index in [-0.39, 0.29) is 5.60 Å². The fraction of sp³-hybridized carbons (Fsp3) is 0.571. The Kier molecular flexibility index (Phi) is 7.44. The van der Waals surface area contributed by atoms with E-state index in [0.717, 1.165) is 68.5 Å². The first-order valence-electron chi connectivity index (χ1n) is 13.0. The van der Waals surface area contributed by atoms with Crippen LogP contribution < -0.4 is 5.32 Å². The van der Waals surface area contributed by atoms with Gasteiger partial charge in [-0.25, -0.2) is 9.50 Å². The number of hydrogen-bond donors (Lipinski definition) is 1. The Morgan fingerprint density at radius 2 is 2.00 bits per heavy atom. The van der Waals surface area contributed by atoms with E-state index < -0.39 is 0 Å². The number of fused-ring (bicyclic) bond motifs is 1. The van der Waals surface area contributed by atoms with Gasteiger partial charge in [0.1, 0.15) is 0 Å². The molecule has 0 amide bonds. The number of hydrogen-bond acceptors (Lipinski definition) is 5. The van der Waals surface area contributed by atoms with Gasteiger partial charge in [0, 0.05) is 48.9 Å². The highest BCUT2D eigenvalue weighted by atomic mass is 35.5. The van der Waals surface area contributed by atoms with Gasteiger partial charge in [-0.1, -0.05) is 23.7 Å². The summed E-state index contributed by atoms with van der Waals surface area (Å²) in [5.74, 6) is 1.10. The second-order valence-electron chi connectivity index (χ2n) is 11.0. The Hall–Kier alpha value is -1.99. The Morgan fingerprint density at radius 3 is 2.80 bits per heavy atom. The van der Waals surface area contributed by atoms with Gasteiger partial charge in [0.2, 0.25) is 0 Å². The standard InChI is InChI=1S/C28H38ClN5O/c1-20-25(17-30-16-22-11-14-35-28(2,3)15-22)27-31-12-10-26(34(27)32-20)23-5-4-13-33(19-23)18-21-6-8-24(29)9-7-21/h6-10,12,22-23,30H,4-5,11,13-19H2,1-3H3/t22-,23+/m0/s1. The summed E-state index contributed by atoms with van der Waals surface area (Å²) >= 11 is 6.07. The molecule has 0 aliphatic carbocycles. The molecule has 2 fully saturated rings. The van der Waals surface area contributed by atoms with Crippen molar-refractivity contribution in [3.8, 4) is 0 Å². The summed E-state index contributed by atoms with van der Waals surface area (Å²) in [6.07, 6.45) is 6.57. The Balaban J connectivity index is 1.27. The highest BCUT2D eigenvalue weighted by Crippen LogP contribution is 2.30. The predicted molar refractivity (Wildman–Crippen MR) is 141 cm³/mol. The van der Waals surface area contributed by atoms with Crippen LogP contribution in [0.2, 0.25) is 5.02 Å². The summed E-state index contributed by atoms with van der Waals surface area (Å²) in [4.78, 5) is 7.31. The molecule has 0 unspecified atom stereocenters. The third-order valence-corrected chi connectivity index (χ3v) is 7.87. The lowest BCUT2D eigenvalue weighted by molar-refractivity contribution is -0.0718. The molecule has 188 valence electrons. The van der Waals surface area contributed by atoms with Crippen molar-refractivity contribution in [3.63, 3.8) is 0 Å². The normalized spacial score (nSPS) is 23.1. The molecule has 2 aliphatic rings. The zero-order valence-corrected chi connectivity index (χ0v) is 22.0. The highest BCUT2D eigenvalue weighted by Gasteiger charge is 2.29. The van der Waals surface area contributed by atoms with E-state index in [9.17, 15) is 0 Å². The second-order valence-corrected chi connectivity index (χ2v) is 11.4. The molecule has 3 aromatic rings. The zero-order chi connectivity index (χ0) is 24.4. The van der Waals surface area contributed by atoms with E-state index in [2.05, 4.69) is 53.7 Å². The minimum Gasteiger partial charge on any atom is -0.376 e. The van der Waals surface area contributed by atoms with E-state index in [4.69, 9.17) is 26.4 Å². The van der Waals surface area contributed by atoms with Crippen molar-refractivity contribution in [2.75, 3.05) is 26.2 Å². The van der Waals surface area contributed by atoms with Crippen LogP contribution in [0.5, 0.6) is 0 Å². The van der Waals surface area contributed by atoms with E-state index >= 15 is 0 Å². The smallest absolute Gasteiger partial charge is 0.159 e. The van der Waals surface area contributed by atoms with Gasteiger partial charge in [-0.05, 0) is 89.2 Å². The van der Waals surface area contributed by atoms with Crippen LogP contribution in [0.25, 0.3) is 5.65 Å². The van der Waals surface area contributed by atoms with Gasteiger partial charge in [0.15, 0.2) is 5.65 Å². The molecule has 2 aliphatic heterocycles. The third kappa shape index (κ3) is 5.88. The van der Waals surface area contributed by atoms with Crippen LogP contribution in [0.4, 0.5) is 0 Å². The molecular formula is C28H38ClN5O. The maximum atomic E-state index is 6.07. The Labute approximate surface area is 214 Å². The molecule has 2 saturated heterocycles. The molecule has 1 N–H and O–H groups in total. The summed E-state index contributed by atoms with van der Waals surface area (Å²) in [6.45, 7) is 12.3. The average Bonchev–Trinajstić information content (AvgIpc) is 3.15. The maximum Gasteiger partial charge on any atom is 0.159 e. The quantitative estimate of drug-likeness (QED) is 0.477. The minimum absolute atomic E-state index is 0.0111. The van der Waals surface area contributed by atoms with Crippen molar-refractivity contribution in [3.05, 3.63) is 64.1 Å². The van der Waals surface area contributed by atoms with Gasteiger partial charge in [0.05, 0.1) is 17.0 Å².